The van der Waals surface area contributed by atoms with Crippen LogP contribution in [0.5, 0.6) is 11.5 Å². The lowest BCUT2D eigenvalue weighted by atomic mass is 10.1. The number of ether oxygens (including phenoxy) is 1. The number of nitrogen functional groups attached to an aromatic ring is 1. The molecule has 0 bridgehead atoms. The lowest BCUT2D eigenvalue weighted by Crippen LogP contribution is -2.36. The van der Waals surface area contributed by atoms with E-state index in [2.05, 4.69) is 4.98 Å². The zero-order valence-corrected chi connectivity index (χ0v) is 16.5. The van der Waals surface area contributed by atoms with Crippen LogP contribution in [0.25, 0.3) is 0 Å². The number of amides is 1. The van der Waals surface area contributed by atoms with E-state index in [1.165, 1.54) is 29.5 Å². The van der Waals surface area contributed by atoms with Crippen LogP contribution in [0, 0.1) is 5.82 Å². The predicted molar refractivity (Wildman–Crippen MR) is 111 cm³/mol. The largest absolute Gasteiger partial charge is 0.457 e. The third-order valence-corrected chi connectivity index (χ3v) is 5.71. The van der Waals surface area contributed by atoms with E-state index in [0.717, 1.165) is 22.6 Å². The van der Waals surface area contributed by atoms with Crippen molar-refractivity contribution in [3.05, 3.63) is 70.0 Å². The van der Waals surface area contributed by atoms with Gasteiger partial charge >= 0.3 is 0 Å². The van der Waals surface area contributed by atoms with Crippen molar-refractivity contribution in [2.45, 2.75) is 19.4 Å². The van der Waals surface area contributed by atoms with Gasteiger partial charge in [-0.2, -0.15) is 0 Å². The normalized spacial score (nSPS) is 13.2. The number of carbonyl (C=O) groups excluding carboxylic acids is 1. The highest BCUT2D eigenvalue weighted by atomic mass is 32.1. The molecule has 0 unspecified atom stereocenters. The predicted octanol–water partition coefficient (Wildman–Crippen LogP) is 3.36. The molecule has 0 saturated heterocycles. The Labute approximate surface area is 171 Å². The summed E-state index contributed by atoms with van der Waals surface area (Å²) in [4.78, 5) is 19.8. The Morgan fingerprint density at radius 3 is 2.72 bits per heavy atom. The van der Waals surface area contributed by atoms with Crippen LogP contribution in [0.1, 0.15) is 26.5 Å². The fraction of sp³-hybridized carbons (Fsp3) is 0.238. The second kappa shape index (κ2) is 8.18. The Morgan fingerprint density at radius 2 is 1.97 bits per heavy atom. The Balaban J connectivity index is 1.51. The number of benzene rings is 2. The molecule has 1 aliphatic rings. The smallest absolute Gasteiger partial charge is 0.257 e. The van der Waals surface area contributed by atoms with Crippen LogP contribution in [0.15, 0.2) is 42.5 Å². The van der Waals surface area contributed by atoms with Crippen molar-refractivity contribution in [1.82, 2.24) is 9.88 Å². The highest BCUT2D eigenvalue weighted by molar-refractivity contribution is 7.15. The minimum absolute atomic E-state index is 0.0109. The Kier molecular flexibility index (Phi) is 5.46. The summed E-state index contributed by atoms with van der Waals surface area (Å²) in [5.74, 6) is 0.0683. The van der Waals surface area contributed by atoms with Crippen LogP contribution in [0.4, 0.5) is 9.52 Å². The zero-order valence-electron chi connectivity index (χ0n) is 15.7. The van der Waals surface area contributed by atoms with Crippen molar-refractivity contribution >= 4 is 22.4 Å². The molecular weight excluding hydrogens is 391 g/mol. The van der Waals surface area contributed by atoms with Gasteiger partial charge in [0.25, 0.3) is 5.91 Å². The number of hydrogen-bond acceptors (Lipinski definition) is 6. The number of halogens is 1. The van der Waals surface area contributed by atoms with E-state index in [4.69, 9.17) is 16.2 Å². The molecule has 0 spiro atoms. The van der Waals surface area contributed by atoms with E-state index in [9.17, 15) is 9.18 Å². The van der Waals surface area contributed by atoms with Crippen molar-refractivity contribution in [1.29, 1.82) is 0 Å². The number of anilines is 1. The first-order valence-corrected chi connectivity index (χ1v) is 10.1. The SMILES string of the molecule is NCCc1ccc(Oc2ccc(F)c(C(=O)N3CCc4nc(N)sc4C3)c2)cc1. The van der Waals surface area contributed by atoms with Crippen LogP contribution in [0.2, 0.25) is 0 Å². The van der Waals surface area contributed by atoms with E-state index in [0.29, 0.717) is 42.7 Å². The van der Waals surface area contributed by atoms with Crippen LogP contribution < -0.4 is 16.2 Å². The molecule has 150 valence electrons. The standard InChI is InChI=1S/C21H21FN4O2S/c22-17-6-5-15(28-14-3-1-13(2-4-14)7-9-23)11-16(17)20(27)26-10-8-18-19(12-26)29-21(24)25-18/h1-6,11H,7-10,12,23H2,(H2,24,25). The van der Waals surface area contributed by atoms with E-state index < -0.39 is 5.82 Å². The molecular formula is C21H21FN4O2S. The highest BCUT2D eigenvalue weighted by Crippen LogP contribution is 2.29. The van der Waals surface area contributed by atoms with E-state index in [1.807, 2.05) is 24.3 Å². The minimum atomic E-state index is -0.574. The van der Waals surface area contributed by atoms with Crippen molar-refractivity contribution in [2.24, 2.45) is 5.73 Å². The number of hydrogen-bond donors (Lipinski definition) is 2. The average molecular weight is 412 g/mol. The van der Waals surface area contributed by atoms with Gasteiger partial charge in [-0.15, -0.1) is 11.3 Å². The van der Waals surface area contributed by atoms with Gasteiger partial charge in [-0.1, -0.05) is 12.1 Å². The molecule has 1 aliphatic heterocycles. The molecule has 4 N–H and O–H groups in total. The number of nitrogens with two attached hydrogens (primary N) is 2. The van der Waals surface area contributed by atoms with E-state index in [1.54, 1.807) is 4.90 Å². The Hall–Kier alpha value is -2.97. The maximum atomic E-state index is 14.4. The van der Waals surface area contributed by atoms with Gasteiger partial charge in [0.15, 0.2) is 5.13 Å². The van der Waals surface area contributed by atoms with Gasteiger partial charge in [-0.05, 0) is 48.9 Å². The van der Waals surface area contributed by atoms with Gasteiger partial charge < -0.3 is 21.1 Å². The topological polar surface area (TPSA) is 94.5 Å². The Morgan fingerprint density at radius 1 is 1.21 bits per heavy atom. The van der Waals surface area contributed by atoms with Crippen LogP contribution in [-0.2, 0) is 19.4 Å². The lowest BCUT2D eigenvalue weighted by Gasteiger charge is -2.26. The first-order valence-electron chi connectivity index (χ1n) is 9.33. The minimum Gasteiger partial charge on any atom is -0.457 e. The summed E-state index contributed by atoms with van der Waals surface area (Å²) < 4.78 is 20.2. The summed E-state index contributed by atoms with van der Waals surface area (Å²) in [6.45, 7) is 1.44. The van der Waals surface area contributed by atoms with Crippen molar-refractivity contribution < 1.29 is 13.9 Å². The molecule has 0 aliphatic carbocycles. The number of aromatic nitrogens is 1. The first kappa shape index (κ1) is 19.4. The third-order valence-electron chi connectivity index (χ3n) is 4.80. The molecule has 6 nitrogen and oxygen atoms in total. The summed E-state index contributed by atoms with van der Waals surface area (Å²) in [7, 11) is 0. The monoisotopic (exact) mass is 412 g/mol. The van der Waals surface area contributed by atoms with E-state index >= 15 is 0 Å². The molecule has 0 saturated carbocycles. The molecule has 2 aromatic carbocycles. The maximum absolute atomic E-state index is 14.4. The molecule has 0 fully saturated rings. The first-order chi connectivity index (χ1) is 14.0. The highest BCUT2D eigenvalue weighted by Gasteiger charge is 2.26. The average Bonchev–Trinajstić information content (AvgIpc) is 3.10. The molecule has 4 rings (SSSR count). The summed E-state index contributed by atoms with van der Waals surface area (Å²) >= 11 is 1.37. The van der Waals surface area contributed by atoms with Gasteiger partial charge in [0.05, 0.1) is 17.8 Å². The fourth-order valence-corrected chi connectivity index (χ4v) is 4.21. The molecule has 2 heterocycles. The molecule has 0 atom stereocenters. The molecule has 3 aromatic rings. The lowest BCUT2D eigenvalue weighted by molar-refractivity contribution is 0.0731. The summed E-state index contributed by atoms with van der Waals surface area (Å²) in [5, 5.41) is 0.489. The van der Waals surface area contributed by atoms with Gasteiger partial charge in [0, 0.05) is 17.8 Å². The van der Waals surface area contributed by atoms with Gasteiger partial charge in [-0.25, -0.2) is 9.37 Å². The summed E-state index contributed by atoms with van der Waals surface area (Å²) in [5.41, 5.74) is 13.3. The number of nitrogens with zero attached hydrogens (tertiary/aromatic N) is 2. The van der Waals surface area contributed by atoms with Crippen LogP contribution in [-0.4, -0.2) is 28.9 Å². The number of fused-ring (bicyclic) bond motifs is 1. The van der Waals surface area contributed by atoms with Crippen molar-refractivity contribution in [2.75, 3.05) is 18.8 Å². The number of thiazole rings is 1. The van der Waals surface area contributed by atoms with Crippen LogP contribution >= 0.6 is 11.3 Å². The molecule has 8 heteroatoms. The van der Waals surface area contributed by atoms with Gasteiger partial charge in [0.1, 0.15) is 17.3 Å². The maximum Gasteiger partial charge on any atom is 0.257 e. The van der Waals surface area contributed by atoms with Gasteiger partial charge in [0.2, 0.25) is 0 Å². The number of rotatable bonds is 5. The zero-order chi connectivity index (χ0) is 20.4. The Bertz CT molecular complexity index is 1040. The summed E-state index contributed by atoms with van der Waals surface area (Å²) in [6, 6.07) is 11.7. The molecule has 29 heavy (non-hydrogen) atoms. The van der Waals surface area contributed by atoms with Crippen LogP contribution in [0.3, 0.4) is 0 Å². The van der Waals surface area contributed by atoms with Crippen molar-refractivity contribution in [3.8, 4) is 11.5 Å². The van der Waals surface area contributed by atoms with Gasteiger partial charge in [-0.3, -0.25) is 4.79 Å². The fourth-order valence-electron chi connectivity index (χ4n) is 3.32. The second-order valence-electron chi connectivity index (χ2n) is 6.83. The molecule has 1 aromatic heterocycles. The molecule has 0 radical (unpaired) electrons. The summed E-state index contributed by atoms with van der Waals surface area (Å²) in [6.07, 6.45) is 1.40. The third kappa shape index (κ3) is 4.23. The molecule has 1 amide bonds. The number of carbonyl (C=O) groups is 1. The van der Waals surface area contributed by atoms with E-state index in [-0.39, 0.29) is 11.5 Å². The van der Waals surface area contributed by atoms with Crippen molar-refractivity contribution in [3.63, 3.8) is 0 Å². The quantitative estimate of drug-likeness (QED) is 0.670. The second-order valence-corrected chi connectivity index (χ2v) is 7.94.